The van der Waals surface area contributed by atoms with Crippen molar-refractivity contribution in [2.75, 3.05) is 13.7 Å². The lowest BCUT2D eigenvalue weighted by atomic mass is 9.78. The molecule has 1 aromatic heterocycles. The summed E-state index contributed by atoms with van der Waals surface area (Å²) < 4.78 is 5.34. The molecule has 1 unspecified atom stereocenters. The molecule has 4 nitrogen and oxygen atoms in total. The molecule has 4 heteroatoms. The van der Waals surface area contributed by atoms with Crippen molar-refractivity contribution < 1.29 is 9.84 Å². The third-order valence-electron chi connectivity index (χ3n) is 5.60. The van der Waals surface area contributed by atoms with Crippen LogP contribution in [0.1, 0.15) is 44.8 Å². The number of hydrogen-bond acceptors (Lipinski definition) is 4. The molecule has 3 rings (SSSR count). The Morgan fingerprint density at radius 2 is 2.04 bits per heavy atom. The molecule has 2 heterocycles. The van der Waals surface area contributed by atoms with E-state index in [1.54, 1.807) is 13.3 Å². The Labute approximate surface area is 144 Å². The average molecular weight is 328 g/mol. The molecule has 0 spiro atoms. The molecule has 0 radical (unpaired) electrons. The molecule has 130 valence electrons. The number of nitrogens with one attached hydrogen (secondary N) is 1. The fraction of sp³-hybridized carbons (Fsp3) is 0.550. The first kappa shape index (κ1) is 17.2. The fourth-order valence-corrected chi connectivity index (χ4v) is 4.04. The van der Waals surface area contributed by atoms with Crippen LogP contribution in [0.25, 0.3) is 10.9 Å². The van der Waals surface area contributed by atoms with Gasteiger partial charge in [0.15, 0.2) is 0 Å². The zero-order chi connectivity index (χ0) is 17.1. The maximum absolute atomic E-state index is 11.0. The van der Waals surface area contributed by atoms with Crippen molar-refractivity contribution in [2.45, 2.75) is 45.3 Å². The van der Waals surface area contributed by atoms with Crippen molar-refractivity contribution in [1.82, 2.24) is 10.3 Å². The molecule has 0 amide bonds. The first-order chi connectivity index (χ1) is 11.7. The van der Waals surface area contributed by atoms with Crippen molar-refractivity contribution in [3.8, 4) is 5.75 Å². The molecule has 0 saturated carbocycles. The number of rotatable bonds is 5. The zero-order valence-electron chi connectivity index (χ0n) is 14.8. The minimum atomic E-state index is -0.533. The summed E-state index contributed by atoms with van der Waals surface area (Å²) in [6.07, 6.45) is 4.64. The number of aliphatic hydroxyl groups is 1. The molecule has 1 aliphatic rings. The van der Waals surface area contributed by atoms with Gasteiger partial charge in [-0.1, -0.05) is 26.7 Å². The summed E-state index contributed by atoms with van der Waals surface area (Å²) in [6.45, 7) is 5.51. The normalized spacial score (nSPS) is 25.6. The molecule has 2 N–H and O–H groups in total. The maximum atomic E-state index is 11.0. The highest BCUT2D eigenvalue weighted by Gasteiger charge is 2.32. The largest absolute Gasteiger partial charge is 0.497 e. The topological polar surface area (TPSA) is 54.4 Å². The van der Waals surface area contributed by atoms with Crippen molar-refractivity contribution >= 4 is 10.9 Å². The summed E-state index contributed by atoms with van der Waals surface area (Å²) in [5.41, 5.74) is 1.82. The lowest BCUT2D eigenvalue weighted by Gasteiger charge is -2.38. The number of piperidine rings is 1. The molecular weight excluding hydrogens is 300 g/mol. The summed E-state index contributed by atoms with van der Waals surface area (Å²) >= 11 is 0. The first-order valence-electron chi connectivity index (χ1n) is 9.02. The number of fused-ring (bicyclic) bond motifs is 1. The molecule has 24 heavy (non-hydrogen) atoms. The van der Waals surface area contributed by atoms with E-state index in [9.17, 15) is 5.11 Å². The van der Waals surface area contributed by atoms with Gasteiger partial charge >= 0.3 is 0 Å². The molecule has 4 atom stereocenters. The standard InChI is InChI=1S/C20H28N2O2/c1-4-13-10-19(22-12-14(13)5-2)20(23)16-8-9-21-18-7-6-15(24-3)11-17(16)18/h6-9,11,13-14,19-20,22-23H,4-5,10,12H2,1-3H3/t13-,14?,19-,20-/m0/s1. The SMILES string of the molecule is CCC1CN[C@H]([C@@H](O)c2ccnc3ccc(OC)cc23)C[C@@H]1CC. The van der Waals surface area contributed by atoms with Crippen molar-refractivity contribution in [3.05, 3.63) is 36.0 Å². The minimum Gasteiger partial charge on any atom is -0.497 e. The smallest absolute Gasteiger partial charge is 0.119 e. The van der Waals surface area contributed by atoms with Crippen LogP contribution in [0.15, 0.2) is 30.5 Å². The van der Waals surface area contributed by atoms with Crippen LogP contribution >= 0.6 is 0 Å². The Morgan fingerprint density at radius 3 is 2.75 bits per heavy atom. The monoisotopic (exact) mass is 328 g/mol. The number of pyridine rings is 1. The van der Waals surface area contributed by atoms with Gasteiger partial charge in [-0.15, -0.1) is 0 Å². The van der Waals surface area contributed by atoms with Gasteiger partial charge in [0.1, 0.15) is 5.75 Å². The Morgan fingerprint density at radius 1 is 1.25 bits per heavy atom. The van der Waals surface area contributed by atoms with Crippen LogP contribution < -0.4 is 10.1 Å². The van der Waals surface area contributed by atoms with E-state index in [-0.39, 0.29) is 6.04 Å². The number of aliphatic hydroxyl groups excluding tert-OH is 1. The summed E-state index contributed by atoms with van der Waals surface area (Å²) in [5, 5.41) is 15.6. The minimum absolute atomic E-state index is 0.0922. The Hall–Kier alpha value is -1.65. The summed E-state index contributed by atoms with van der Waals surface area (Å²) in [5.74, 6) is 2.18. The van der Waals surface area contributed by atoms with Gasteiger partial charge in [-0.05, 0) is 54.6 Å². The molecule has 0 bridgehead atoms. The van der Waals surface area contributed by atoms with Crippen LogP contribution in [0.3, 0.4) is 0 Å². The highest BCUT2D eigenvalue weighted by atomic mass is 16.5. The van der Waals surface area contributed by atoms with E-state index in [2.05, 4.69) is 24.1 Å². The lowest BCUT2D eigenvalue weighted by Crippen LogP contribution is -2.46. The molecular formula is C20H28N2O2. The number of hydrogen-bond donors (Lipinski definition) is 2. The summed E-state index contributed by atoms with van der Waals surface area (Å²) in [4.78, 5) is 4.41. The van der Waals surface area contributed by atoms with Crippen LogP contribution in [0.2, 0.25) is 0 Å². The Balaban J connectivity index is 1.89. The van der Waals surface area contributed by atoms with Gasteiger partial charge in [0, 0.05) is 17.6 Å². The number of aromatic nitrogens is 1. The van der Waals surface area contributed by atoms with E-state index in [0.717, 1.165) is 35.2 Å². The number of ether oxygens (including phenoxy) is 1. The number of methoxy groups -OCH3 is 1. The van der Waals surface area contributed by atoms with E-state index in [1.807, 2.05) is 24.3 Å². The number of benzene rings is 1. The van der Waals surface area contributed by atoms with Gasteiger partial charge in [-0.25, -0.2) is 0 Å². The summed E-state index contributed by atoms with van der Waals surface area (Å²) in [7, 11) is 1.66. The first-order valence-corrected chi connectivity index (χ1v) is 9.02. The second-order valence-electron chi connectivity index (χ2n) is 6.82. The van der Waals surface area contributed by atoms with E-state index in [4.69, 9.17) is 4.74 Å². The third kappa shape index (κ3) is 3.26. The highest BCUT2D eigenvalue weighted by Crippen LogP contribution is 2.35. The van der Waals surface area contributed by atoms with Gasteiger partial charge < -0.3 is 15.2 Å². The van der Waals surface area contributed by atoms with Gasteiger partial charge in [-0.2, -0.15) is 0 Å². The van der Waals surface area contributed by atoms with E-state index in [1.165, 1.54) is 12.8 Å². The second kappa shape index (κ2) is 7.49. The van der Waals surface area contributed by atoms with Crippen LogP contribution in [0.5, 0.6) is 5.75 Å². The third-order valence-corrected chi connectivity index (χ3v) is 5.60. The molecule has 1 fully saturated rings. The number of nitrogens with zero attached hydrogens (tertiary/aromatic N) is 1. The van der Waals surface area contributed by atoms with Crippen molar-refractivity contribution in [3.63, 3.8) is 0 Å². The van der Waals surface area contributed by atoms with Crippen LogP contribution in [0, 0.1) is 11.8 Å². The molecule has 2 aromatic rings. The molecule has 1 aromatic carbocycles. The van der Waals surface area contributed by atoms with Gasteiger partial charge in [-0.3, -0.25) is 4.98 Å². The highest BCUT2D eigenvalue weighted by molar-refractivity contribution is 5.83. The molecule has 1 aliphatic heterocycles. The summed E-state index contributed by atoms with van der Waals surface area (Å²) in [6, 6.07) is 7.84. The van der Waals surface area contributed by atoms with Crippen molar-refractivity contribution in [1.29, 1.82) is 0 Å². The second-order valence-corrected chi connectivity index (χ2v) is 6.82. The maximum Gasteiger partial charge on any atom is 0.119 e. The molecule has 0 aliphatic carbocycles. The van der Waals surface area contributed by atoms with Crippen molar-refractivity contribution in [2.24, 2.45) is 11.8 Å². The predicted molar refractivity (Wildman–Crippen MR) is 97.2 cm³/mol. The van der Waals surface area contributed by atoms with Crippen LogP contribution in [-0.2, 0) is 0 Å². The zero-order valence-corrected chi connectivity index (χ0v) is 14.8. The van der Waals surface area contributed by atoms with Crippen LogP contribution in [0.4, 0.5) is 0 Å². The quantitative estimate of drug-likeness (QED) is 0.879. The Kier molecular flexibility index (Phi) is 5.36. The van der Waals surface area contributed by atoms with Gasteiger partial charge in [0.2, 0.25) is 0 Å². The molecule has 1 saturated heterocycles. The Bertz CT molecular complexity index is 688. The van der Waals surface area contributed by atoms with Gasteiger partial charge in [0.25, 0.3) is 0 Å². The van der Waals surface area contributed by atoms with Crippen LogP contribution in [-0.4, -0.2) is 29.8 Å². The fourth-order valence-electron chi connectivity index (χ4n) is 4.04. The lowest BCUT2D eigenvalue weighted by molar-refractivity contribution is 0.0775. The van der Waals surface area contributed by atoms with E-state index in [0.29, 0.717) is 11.8 Å². The predicted octanol–water partition coefficient (Wildman–Crippen LogP) is 3.69. The van der Waals surface area contributed by atoms with E-state index < -0.39 is 6.10 Å². The van der Waals surface area contributed by atoms with E-state index >= 15 is 0 Å². The average Bonchev–Trinajstić information content (AvgIpc) is 2.65. The van der Waals surface area contributed by atoms with Gasteiger partial charge in [0.05, 0.1) is 18.7 Å².